The van der Waals surface area contributed by atoms with E-state index in [0.717, 1.165) is 35.7 Å². The molecule has 0 bridgehead atoms. The molecule has 9 nitrogen and oxygen atoms in total. The van der Waals surface area contributed by atoms with Crippen molar-refractivity contribution in [2.75, 3.05) is 25.2 Å². The van der Waals surface area contributed by atoms with Crippen molar-refractivity contribution in [3.63, 3.8) is 0 Å². The van der Waals surface area contributed by atoms with Gasteiger partial charge in [0.15, 0.2) is 8.32 Å². The van der Waals surface area contributed by atoms with Crippen LogP contribution in [0.2, 0.25) is 18.6 Å². The number of amides is 1. The lowest BCUT2D eigenvalue weighted by molar-refractivity contribution is -0.117. The number of anilines is 1. The van der Waals surface area contributed by atoms with E-state index in [1.165, 1.54) is 0 Å². The zero-order valence-electron chi connectivity index (χ0n) is 20.5. The second-order valence-corrected chi connectivity index (χ2v) is 14.0. The highest BCUT2D eigenvalue weighted by atomic mass is 28.4. The number of carbonyl (C=O) groups is 1. The molecule has 0 aliphatic carbocycles. The van der Waals surface area contributed by atoms with E-state index >= 15 is 0 Å². The van der Waals surface area contributed by atoms with Crippen molar-refractivity contribution < 1.29 is 24.2 Å². The van der Waals surface area contributed by atoms with Crippen LogP contribution in [0.15, 0.2) is 24.4 Å². The molecule has 4 rings (SSSR count). The molecule has 1 unspecified atom stereocenters. The number of aromatic nitrogens is 3. The first-order valence-electron chi connectivity index (χ1n) is 12.1. The van der Waals surface area contributed by atoms with E-state index < -0.39 is 8.32 Å². The van der Waals surface area contributed by atoms with Crippen LogP contribution < -0.4 is 9.64 Å². The fourth-order valence-corrected chi connectivity index (χ4v) is 7.33. The van der Waals surface area contributed by atoms with E-state index in [2.05, 4.69) is 17.2 Å². The molecule has 186 valence electrons. The lowest BCUT2D eigenvalue weighted by atomic mass is 9.86. The highest BCUT2D eigenvalue weighted by molar-refractivity contribution is 6.71. The van der Waals surface area contributed by atoms with Gasteiger partial charge in [-0.2, -0.15) is 0 Å². The van der Waals surface area contributed by atoms with Gasteiger partial charge < -0.3 is 24.3 Å². The molecule has 1 amide bonds. The van der Waals surface area contributed by atoms with Crippen molar-refractivity contribution in [2.45, 2.75) is 70.0 Å². The predicted octanol–water partition coefficient (Wildman–Crippen LogP) is 2.68. The maximum absolute atomic E-state index is 12.3. The fraction of sp³-hybridized carbons (Fsp3) is 0.625. The second-order valence-electron chi connectivity index (χ2n) is 9.96. The summed E-state index contributed by atoms with van der Waals surface area (Å²) in [7, 11) is -0.914. The van der Waals surface area contributed by atoms with Gasteiger partial charge >= 0.3 is 0 Å². The number of benzene rings is 1. The Bertz CT molecular complexity index is 1010. The Morgan fingerprint density at radius 2 is 2.15 bits per heavy atom. The van der Waals surface area contributed by atoms with E-state index in [-0.39, 0.29) is 36.2 Å². The smallest absolute Gasteiger partial charge is 0.227 e. The van der Waals surface area contributed by atoms with Crippen LogP contribution in [-0.4, -0.2) is 65.5 Å². The molecule has 4 atom stereocenters. The standard InChI is InChI=1S/C24H36N4O5Si/c1-16-23(32-2)19-14-18(28-11-5-6-22(28)30)7-8-20(19)33-24(16)21(34(3,4)31)9-12-27-15-17(10-13-29)25-26-27/h7-8,14-16,21,23-24,29,31H,5-6,9-13H2,1-4H3/t16-,21?,23-,24-/m1/s1. The Morgan fingerprint density at radius 1 is 1.35 bits per heavy atom. The summed E-state index contributed by atoms with van der Waals surface area (Å²) in [5.41, 5.74) is 2.53. The van der Waals surface area contributed by atoms with Gasteiger partial charge in [-0.05, 0) is 44.1 Å². The third kappa shape index (κ3) is 5.05. The van der Waals surface area contributed by atoms with E-state index in [4.69, 9.17) is 14.6 Å². The number of fused-ring (bicyclic) bond motifs is 1. The zero-order valence-corrected chi connectivity index (χ0v) is 21.5. The highest BCUT2D eigenvalue weighted by Gasteiger charge is 2.46. The van der Waals surface area contributed by atoms with Crippen LogP contribution in [0.25, 0.3) is 0 Å². The Kier molecular flexibility index (Phi) is 7.41. The monoisotopic (exact) mass is 488 g/mol. The van der Waals surface area contributed by atoms with Crippen LogP contribution in [0.5, 0.6) is 5.75 Å². The normalized spacial score (nSPS) is 23.6. The number of nitrogens with zero attached hydrogens (tertiary/aromatic N) is 4. The maximum Gasteiger partial charge on any atom is 0.227 e. The predicted molar refractivity (Wildman–Crippen MR) is 130 cm³/mol. The summed E-state index contributed by atoms with van der Waals surface area (Å²) in [5.74, 6) is 0.908. The molecular formula is C24H36N4O5Si. The maximum atomic E-state index is 12.3. The molecule has 1 aromatic carbocycles. The van der Waals surface area contributed by atoms with Gasteiger partial charge in [0.05, 0.1) is 11.8 Å². The van der Waals surface area contributed by atoms with Gasteiger partial charge in [0.25, 0.3) is 0 Å². The molecule has 2 aliphatic rings. The number of methoxy groups -OCH3 is 1. The summed E-state index contributed by atoms with van der Waals surface area (Å²) in [4.78, 5) is 25.3. The number of aryl methyl sites for hydroxylation is 1. The van der Waals surface area contributed by atoms with Gasteiger partial charge in [-0.1, -0.05) is 12.1 Å². The highest BCUT2D eigenvalue weighted by Crippen LogP contribution is 2.47. The third-order valence-corrected chi connectivity index (χ3v) is 9.56. The molecular weight excluding hydrogens is 452 g/mol. The van der Waals surface area contributed by atoms with Crippen molar-refractivity contribution in [2.24, 2.45) is 5.92 Å². The molecule has 0 radical (unpaired) electrons. The van der Waals surface area contributed by atoms with Crippen LogP contribution in [0, 0.1) is 5.92 Å². The van der Waals surface area contributed by atoms with Crippen molar-refractivity contribution in [3.8, 4) is 5.75 Å². The van der Waals surface area contributed by atoms with E-state index in [1.54, 1.807) is 11.8 Å². The van der Waals surface area contributed by atoms with Gasteiger partial charge in [-0.15, -0.1) is 5.10 Å². The summed E-state index contributed by atoms with van der Waals surface area (Å²) in [6.07, 6.45) is 4.06. The Balaban J connectivity index is 1.57. The number of aliphatic hydroxyl groups excluding tert-OH is 1. The number of aliphatic hydroxyl groups is 1. The van der Waals surface area contributed by atoms with Crippen LogP contribution in [0.3, 0.4) is 0 Å². The fourth-order valence-electron chi connectivity index (χ4n) is 5.32. The summed E-state index contributed by atoms with van der Waals surface area (Å²) in [6.45, 7) is 7.39. The molecule has 0 saturated carbocycles. The van der Waals surface area contributed by atoms with Gasteiger partial charge in [0.1, 0.15) is 11.9 Å². The first-order chi connectivity index (χ1) is 16.2. The number of rotatable bonds is 9. The molecule has 1 aromatic heterocycles. The summed E-state index contributed by atoms with van der Waals surface area (Å²) >= 11 is 0. The largest absolute Gasteiger partial charge is 0.490 e. The quantitative estimate of drug-likeness (QED) is 0.522. The lowest BCUT2D eigenvalue weighted by Gasteiger charge is -2.44. The summed E-state index contributed by atoms with van der Waals surface area (Å²) in [6, 6.07) is 5.90. The lowest BCUT2D eigenvalue weighted by Crippen LogP contribution is -2.48. The number of ether oxygens (including phenoxy) is 2. The van der Waals surface area contributed by atoms with Crippen molar-refractivity contribution >= 4 is 19.9 Å². The first kappa shape index (κ1) is 24.8. The topological polar surface area (TPSA) is 110 Å². The molecule has 34 heavy (non-hydrogen) atoms. The second kappa shape index (κ2) is 10.1. The minimum atomic E-state index is -2.62. The molecule has 2 aromatic rings. The molecule has 1 fully saturated rings. The van der Waals surface area contributed by atoms with Crippen molar-refractivity contribution in [3.05, 3.63) is 35.7 Å². The third-order valence-electron chi connectivity index (χ3n) is 7.12. The van der Waals surface area contributed by atoms with Gasteiger partial charge in [0, 0.05) is 68.6 Å². The van der Waals surface area contributed by atoms with Crippen LogP contribution in [0.1, 0.15) is 43.5 Å². The van der Waals surface area contributed by atoms with E-state index in [1.807, 2.05) is 42.4 Å². The minimum Gasteiger partial charge on any atom is -0.490 e. The van der Waals surface area contributed by atoms with Crippen LogP contribution >= 0.6 is 0 Å². The average Bonchev–Trinajstić information content (AvgIpc) is 3.42. The van der Waals surface area contributed by atoms with Gasteiger partial charge in [-0.25, -0.2) is 0 Å². The summed E-state index contributed by atoms with van der Waals surface area (Å²) in [5, 5.41) is 17.4. The van der Waals surface area contributed by atoms with Gasteiger partial charge in [0.2, 0.25) is 5.91 Å². The van der Waals surface area contributed by atoms with E-state index in [0.29, 0.717) is 25.8 Å². The molecule has 10 heteroatoms. The van der Waals surface area contributed by atoms with Crippen LogP contribution in [-0.2, 0) is 22.5 Å². The first-order valence-corrected chi connectivity index (χ1v) is 15.1. The minimum absolute atomic E-state index is 0.00616. The molecule has 1 saturated heterocycles. The molecule has 2 aliphatic heterocycles. The van der Waals surface area contributed by atoms with E-state index in [9.17, 15) is 9.59 Å². The zero-order chi connectivity index (χ0) is 24.5. The SMILES string of the molecule is CO[C@H]1c2cc(N3CCCC3=O)ccc2O[C@@H](C(CCn2cc(CCO)nn2)[Si](C)(C)O)[C@@H]1C. The average molecular weight is 489 g/mol. The Hall–Kier alpha value is -2.27. The Labute approximate surface area is 201 Å². The van der Waals surface area contributed by atoms with Crippen molar-refractivity contribution in [1.29, 1.82) is 0 Å². The Morgan fingerprint density at radius 3 is 2.79 bits per heavy atom. The molecule has 2 N–H and O–H groups in total. The van der Waals surface area contributed by atoms with Crippen LogP contribution in [0.4, 0.5) is 5.69 Å². The molecule has 3 heterocycles. The number of hydrogen-bond donors (Lipinski definition) is 2. The van der Waals surface area contributed by atoms with Gasteiger partial charge in [-0.3, -0.25) is 9.48 Å². The molecule has 0 spiro atoms. The number of hydrogen-bond acceptors (Lipinski definition) is 7. The summed E-state index contributed by atoms with van der Waals surface area (Å²) < 4.78 is 14.3. The van der Waals surface area contributed by atoms with Crippen molar-refractivity contribution in [1.82, 2.24) is 15.0 Å². The number of carbonyl (C=O) groups excluding carboxylic acids is 1.